The molecule has 1 fully saturated rings. The number of aliphatic hydroxyl groups excluding tert-OH is 1. The Hall–Kier alpha value is -1.56. The van der Waals surface area contributed by atoms with Gasteiger partial charge in [-0.15, -0.1) is 0 Å². The number of anilines is 2. The molecule has 0 spiro atoms. The fourth-order valence-electron chi connectivity index (χ4n) is 2.48. The Labute approximate surface area is 113 Å². The summed E-state index contributed by atoms with van der Waals surface area (Å²) >= 11 is 0. The van der Waals surface area contributed by atoms with Crippen molar-refractivity contribution in [2.75, 3.05) is 24.8 Å². The number of ether oxygens (including phenoxy) is 1. The zero-order valence-electron chi connectivity index (χ0n) is 11.5. The molecule has 1 aliphatic rings. The number of rotatable bonds is 4. The lowest BCUT2D eigenvalue weighted by Gasteiger charge is -2.23. The Bertz CT molecular complexity index is 414. The van der Waals surface area contributed by atoms with Gasteiger partial charge in [-0.3, -0.25) is 0 Å². The summed E-state index contributed by atoms with van der Waals surface area (Å²) in [7, 11) is 3.38. The Morgan fingerprint density at radius 3 is 2.68 bits per heavy atom. The lowest BCUT2D eigenvalue weighted by molar-refractivity contribution is 0.144. The maximum absolute atomic E-state index is 10.1. The molecule has 1 aliphatic carbocycles. The first-order valence-corrected chi connectivity index (χ1v) is 6.77. The maximum Gasteiger partial charge on any atom is 0.204 e. The molecule has 106 valence electrons. The van der Waals surface area contributed by atoms with Crippen LogP contribution in [-0.4, -0.2) is 41.4 Å². The van der Waals surface area contributed by atoms with Crippen LogP contribution in [0, 0.1) is 0 Å². The molecule has 0 saturated heterocycles. The summed E-state index contributed by atoms with van der Waals surface area (Å²) < 4.78 is 5.34. The van der Waals surface area contributed by atoms with E-state index in [2.05, 4.69) is 20.6 Å². The summed E-state index contributed by atoms with van der Waals surface area (Å²) in [5.74, 6) is 1.86. The summed E-state index contributed by atoms with van der Waals surface area (Å²) in [5.41, 5.74) is 0. The molecule has 19 heavy (non-hydrogen) atoms. The lowest BCUT2D eigenvalue weighted by Crippen LogP contribution is -2.33. The van der Waals surface area contributed by atoms with Gasteiger partial charge in [0.25, 0.3) is 0 Å². The predicted molar refractivity (Wildman–Crippen MR) is 74.6 cm³/mol. The van der Waals surface area contributed by atoms with Gasteiger partial charge in [0.2, 0.25) is 5.75 Å². The van der Waals surface area contributed by atoms with Crippen molar-refractivity contribution in [3.8, 4) is 5.75 Å². The molecule has 1 aromatic heterocycles. The Balaban J connectivity index is 2.17. The molecule has 1 saturated carbocycles. The van der Waals surface area contributed by atoms with Crippen LogP contribution in [0.1, 0.15) is 32.1 Å². The van der Waals surface area contributed by atoms with E-state index in [0.29, 0.717) is 17.4 Å². The number of aliphatic hydroxyl groups is 1. The lowest BCUT2D eigenvalue weighted by atomic mass is 10.1. The van der Waals surface area contributed by atoms with Crippen molar-refractivity contribution in [3.05, 3.63) is 6.33 Å². The Kier molecular flexibility index (Phi) is 4.79. The van der Waals surface area contributed by atoms with E-state index >= 15 is 0 Å². The molecule has 1 aromatic rings. The second-order valence-electron chi connectivity index (χ2n) is 4.81. The van der Waals surface area contributed by atoms with Crippen LogP contribution in [0.3, 0.4) is 0 Å². The minimum Gasteiger partial charge on any atom is -0.490 e. The van der Waals surface area contributed by atoms with Gasteiger partial charge >= 0.3 is 0 Å². The van der Waals surface area contributed by atoms with Crippen LogP contribution in [0.4, 0.5) is 11.6 Å². The SMILES string of the molecule is CNc1ncnc(NC2CCCCCC2O)c1OC. The largest absolute Gasteiger partial charge is 0.490 e. The molecule has 6 heteroatoms. The molecular weight excluding hydrogens is 244 g/mol. The van der Waals surface area contributed by atoms with Crippen molar-refractivity contribution in [3.63, 3.8) is 0 Å². The van der Waals surface area contributed by atoms with Crippen molar-refractivity contribution < 1.29 is 9.84 Å². The number of aromatic nitrogens is 2. The minimum absolute atomic E-state index is 0.0241. The molecule has 2 unspecified atom stereocenters. The first-order valence-electron chi connectivity index (χ1n) is 6.77. The Morgan fingerprint density at radius 1 is 1.21 bits per heavy atom. The first-order chi connectivity index (χ1) is 9.26. The molecule has 0 aliphatic heterocycles. The maximum atomic E-state index is 10.1. The zero-order chi connectivity index (χ0) is 13.7. The van der Waals surface area contributed by atoms with Gasteiger partial charge in [0, 0.05) is 7.05 Å². The van der Waals surface area contributed by atoms with Gasteiger partial charge in [-0.05, 0) is 12.8 Å². The second kappa shape index (κ2) is 6.56. The average molecular weight is 266 g/mol. The summed E-state index contributed by atoms with van der Waals surface area (Å²) in [4.78, 5) is 8.33. The fraction of sp³-hybridized carbons (Fsp3) is 0.692. The number of methoxy groups -OCH3 is 1. The van der Waals surface area contributed by atoms with Crippen LogP contribution in [0.2, 0.25) is 0 Å². The summed E-state index contributed by atoms with van der Waals surface area (Å²) in [6.07, 6.45) is 6.33. The van der Waals surface area contributed by atoms with Crippen LogP contribution >= 0.6 is 0 Å². The minimum atomic E-state index is -0.333. The number of hydrogen-bond donors (Lipinski definition) is 3. The van der Waals surface area contributed by atoms with Crippen LogP contribution < -0.4 is 15.4 Å². The monoisotopic (exact) mass is 266 g/mol. The molecule has 6 nitrogen and oxygen atoms in total. The number of hydrogen-bond acceptors (Lipinski definition) is 6. The highest BCUT2D eigenvalue weighted by atomic mass is 16.5. The third kappa shape index (κ3) is 3.26. The zero-order valence-corrected chi connectivity index (χ0v) is 11.5. The van der Waals surface area contributed by atoms with Gasteiger partial charge in [0.05, 0.1) is 19.3 Å². The molecular formula is C13H22N4O2. The predicted octanol–water partition coefficient (Wildman–Crippen LogP) is 1.63. The van der Waals surface area contributed by atoms with E-state index in [4.69, 9.17) is 4.74 Å². The molecule has 1 heterocycles. The third-order valence-corrected chi connectivity index (χ3v) is 3.55. The van der Waals surface area contributed by atoms with Gasteiger partial charge in [-0.1, -0.05) is 19.3 Å². The summed E-state index contributed by atoms with van der Waals surface area (Å²) in [5, 5.41) is 16.4. The highest BCUT2D eigenvalue weighted by molar-refractivity contribution is 5.63. The first kappa shape index (κ1) is 13.9. The van der Waals surface area contributed by atoms with E-state index < -0.39 is 0 Å². The van der Waals surface area contributed by atoms with Crippen molar-refractivity contribution in [1.29, 1.82) is 0 Å². The van der Waals surface area contributed by atoms with Crippen molar-refractivity contribution in [2.24, 2.45) is 0 Å². The van der Waals surface area contributed by atoms with Crippen molar-refractivity contribution in [1.82, 2.24) is 9.97 Å². The quantitative estimate of drug-likeness (QED) is 0.719. The van der Waals surface area contributed by atoms with Gasteiger partial charge < -0.3 is 20.5 Å². The van der Waals surface area contributed by atoms with Crippen LogP contribution in [-0.2, 0) is 0 Å². The van der Waals surface area contributed by atoms with E-state index in [1.807, 2.05) is 0 Å². The van der Waals surface area contributed by atoms with Crippen LogP contribution in [0.25, 0.3) is 0 Å². The molecule has 2 rings (SSSR count). The van der Waals surface area contributed by atoms with E-state index in [1.165, 1.54) is 12.7 Å². The van der Waals surface area contributed by atoms with Gasteiger partial charge in [0.15, 0.2) is 11.6 Å². The summed E-state index contributed by atoms with van der Waals surface area (Å²) in [6, 6.07) is 0.0241. The van der Waals surface area contributed by atoms with E-state index in [1.54, 1.807) is 14.2 Å². The molecule has 0 radical (unpaired) electrons. The third-order valence-electron chi connectivity index (χ3n) is 3.55. The average Bonchev–Trinajstić information content (AvgIpc) is 2.64. The van der Waals surface area contributed by atoms with Crippen LogP contribution in [0.15, 0.2) is 6.33 Å². The molecule has 0 amide bonds. The van der Waals surface area contributed by atoms with Crippen molar-refractivity contribution in [2.45, 2.75) is 44.2 Å². The second-order valence-corrected chi connectivity index (χ2v) is 4.81. The smallest absolute Gasteiger partial charge is 0.204 e. The standard InChI is InChI=1S/C13H22N4O2/c1-14-12-11(19-2)13(16-8-15-12)17-9-6-4-3-5-7-10(9)18/h8-10,18H,3-7H2,1-2H3,(H2,14,15,16,17). The van der Waals surface area contributed by atoms with Crippen molar-refractivity contribution >= 4 is 11.6 Å². The molecule has 3 N–H and O–H groups in total. The molecule has 0 bridgehead atoms. The van der Waals surface area contributed by atoms with E-state index in [9.17, 15) is 5.11 Å². The highest BCUT2D eigenvalue weighted by Gasteiger charge is 2.23. The topological polar surface area (TPSA) is 79.3 Å². The normalized spacial score (nSPS) is 23.5. The van der Waals surface area contributed by atoms with Crippen LogP contribution in [0.5, 0.6) is 5.75 Å². The number of nitrogens with one attached hydrogen (secondary N) is 2. The van der Waals surface area contributed by atoms with Gasteiger partial charge in [0.1, 0.15) is 6.33 Å². The fourth-order valence-corrected chi connectivity index (χ4v) is 2.48. The molecule has 0 aromatic carbocycles. The Morgan fingerprint density at radius 2 is 1.95 bits per heavy atom. The van der Waals surface area contributed by atoms with E-state index in [0.717, 1.165) is 25.7 Å². The van der Waals surface area contributed by atoms with Gasteiger partial charge in [-0.25, -0.2) is 9.97 Å². The molecule has 2 atom stereocenters. The highest BCUT2D eigenvalue weighted by Crippen LogP contribution is 2.30. The number of nitrogens with zero attached hydrogens (tertiary/aromatic N) is 2. The summed E-state index contributed by atoms with van der Waals surface area (Å²) in [6.45, 7) is 0. The van der Waals surface area contributed by atoms with Gasteiger partial charge in [-0.2, -0.15) is 0 Å². The van der Waals surface area contributed by atoms with E-state index in [-0.39, 0.29) is 12.1 Å².